The van der Waals surface area contributed by atoms with Crippen molar-refractivity contribution in [3.63, 3.8) is 0 Å². The summed E-state index contributed by atoms with van der Waals surface area (Å²) in [5.41, 5.74) is -2.45. The van der Waals surface area contributed by atoms with Gasteiger partial charge < -0.3 is 15.2 Å². The lowest BCUT2D eigenvalue weighted by Crippen LogP contribution is -2.76. The Morgan fingerprint density at radius 3 is 2.58 bits per heavy atom. The molecule has 1 fully saturated rings. The zero-order chi connectivity index (χ0) is 19.7. The second-order valence-corrected chi connectivity index (χ2v) is 7.53. The largest absolute Gasteiger partial charge is 0.479 e. The van der Waals surface area contributed by atoms with Crippen molar-refractivity contribution in [2.45, 2.75) is 43.7 Å². The van der Waals surface area contributed by atoms with Crippen molar-refractivity contribution in [1.82, 2.24) is 5.32 Å². The molecule has 2 atom stereocenters. The van der Waals surface area contributed by atoms with Crippen molar-refractivity contribution in [3.8, 4) is 0 Å². The smallest absolute Gasteiger partial charge is 0.330 e. The molecule has 2 unspecified atom stereocenters. The number of amides is 1. The highest BCUT2D eigenvalue weighted by atomic mass is 32.2. The summed E-state index contributed by atoms with van der Waals surface area (Å²) in [4.78, 5) is 35.6. The predicted molar refractivity (Wildman–Crippen MR) is 96.5 cm³/mol. The molecule has 2 rings (SSSR count). The first-order valence-corrected chi connectivity index (χ1v) is 9.33. The molecular formula is C17H22N2O6S. The molecule has 1 saturated carbocycles. The maximum atomic E-state index is 12.6. The summed E-state index contributed by atoms with van der Waals surface area (Å²) in [5, 5.41) is 23.5. The van der Waals surface area contributed by atoms with Crippen molar-refractivity contribution in [3.05, 3.63) is 33.9 Å². The predicted octanol–water partition coefficient (Wildman–Crippen LogP) is 2.70. The fourth-order valence-corrected chi connectivity index (χ4v) is 3.82. The van der Waals surface area contributed by atoms with Crippen LogP contribution in [0.4, 0.5) is 5.69 Å². The SMILES string of the molecule is CCOC1CC(NC(=O)c2ccc(SC)c([N+](=O)[O-])c2)(C(=O)O)C1(C)C. The van der Waals surface area contributed by atoms with E-state index < -0.39 is 27.8 Å². The molecule has 0 saturated heterocycles. The van der Waals surface area contributed by atoms with Gasteiger partial charge in [0.2, 0.25) is 0 Å². The van der Waals surface area contributed by atoms with Gasteiger partial charge in [-0.2, -0.15) is 0 Å². The van der Waals surface area contributed by atoms with E-state index in [0.717, 1.165) is 0 Å². The molecule has 142 valence electrons. The van der Waals surface area contributed by atoms with Crippen LogP contribution in [-0.2, 0) is 9.53 Å². The van der Waals surface area contributed by atoms with Gasteiger partial charge in [0, 0.05) is 30.1 Å². The van der Waals surface area contributed by atoms with Gasteiger partial charge in [0.1, 0.15) is 5.54 Å². The first-order valence-electron chi connectivity index (χ1n) is 8.10. The molecule has 1 aromatic carbocycles. The first-order chi connectivity index (χ1) is 12.1. The summed E-state index contributed by atoms with van der Waals surface area (Å²) in [6.07, 6.45) is 1.55. The van der Waals surface area contributed by atoms with E-state index in [4.69, 9.17) is 4.74 Å². The fraction of sp³-hybridized carbons (Fsp3) is 0.529. The number of benzene rings is 1. The molecular weight excluding hydrogens is 360 g/mol. The Labute approximate surface area is 155 Å². The number of nitro benzene ring substituents is 1. The maximum Gasteiger partial charge on any atom is 0.330 e. The summed E-state index contributed by atoms with van der Waals surface area (Å²) >= 11 is 1.20. The van der Waals surface area contributed by atoms with Crippen LogP contribution in [0.5, 0.6) is 0 Å². The minimum Gasteiger partial charge on any atom is -0.479 e. The fourth-order valence-electron chi connectivity index (χ4n) is 3.28. The van der Waals surface area contributed by atoms with Crippen LogP contribution in [0.25, 0.3) is 0 Å². The normalized spacial score (nSPS) is 23.8. The van der Waals surface area contributed by atoms with E-state index in [2.05, 4.69) is 5.32 Å². The van der Waals surface area contributed by atoms with Gasteiger partial charge in [-0.3, -0.25) is 14.9 Å². The summed E-state index contributed by atoms with van der Waals surface area (Å²) in [7, 11) is 0. The van der Waals surface area contributed by atoms with Crippen LogP contribution < -0.4 is 5.32 Å². The number of carbonyl (C=O) groups is 2. The molecule has 1 aliphatic rings. The van der Waals surface area contributed by atoms with Crippen LogP contribution in [0.3, 0.4) is 0 Å². The zero-order valence-corrected chi connectivity index (χ0v) is 15.9. The molecule has 2 N–H and O–H groups in total. The third-order valence-electron chi connectivity index (χ3n) is 5.09. The van der Waals surface area contributed by atoms with Gasteiger partial charge in [-0.15, -0.1) is 11.8 Å². The number of ether oxygens (including phenoxy) is 1. The Kier molecular flexibility index (Phi) is 5.62. The monoisotopic (exact) mass is 382 g/mol. The van der Waals surface area contributed by atoms with E-state index in [1.54, 1.807) is 20.1 Å². The molecule has 0 spiro atoms. The zero-order valence-electron chi connectivity index (χ0n) is 15.1. The molecule has 9 heteroatoms. The lowest BCUT2D eigenvalue weighted by Gasteiger charge is -2.58. The minimum absolute atomic E-state index is 0.0470. The van der Waals surface area contributed by atoms with Crippen LogP contribution in [0.15, 0.2) is 23.1 Å². The minimum atomic E-state index is -1.49. The van der Waals surface area contributed by atoms with Crippen molar-refractivity contribution in [1.29, 1.82) is 0 Å². The average molecular weight is 382 g/mol. The van der Waals surface area contributed by atoms with Gasteiger partial charge in [0.05, 0.1) is 15.9 Å². The van der Waals surface area contributed by atoms with Gasteiger partial charge >= 0.3 is 5.97 Å². The topological polar surface area (TPSA) is 119 Å². The Morgan fingerprint density at radius 1 is 1.46 bits per heavy atom. The van der Waals surface area contributed by atoms with E-state index in [0.29, 0.717) is 11.5 Å². The number of carboxylic acids is 1. The van der Waals surface area contributed by atoms with Gasteiger partial charge in [0.25, 0.3) is 11.6 Å². The molecule has 1 aliphatic carbocycles. The van der Waals surface area contributed by atoms with E-state index in [9.17, 15) is 24.8 Å². The summed E-state index contributed by atoms with van der Waals surface area (Å²) in [5.74, 6) is -1.81. The molecule has 0 heterocycles. The van der Waals surface area contributed by atoms with Crippen molar-refractivity contribution in [2.75, 3.05) is 12.9 Å². The maximum absolute atomic E-state index is 12.6. The molecule has 0 bridgehead atoms. The number of nitrogens with zero attached hydrogens (tertiary/aromatic N) is 1. The molecule has 26 heavy (non-hydrogen) atoms. The molecule has 1 aromatic rings. The van der Waals surface area contributed by atoms with Crippen LogP contribution in [0, 0.1) is 15.5 Å². The molecule has 1 amide bonds. The van der Waals surface area contributed by atoms with Crippen molar-refractivity contribution in [2.24, 2.45) is 5.41 Å². The van der Waals surface area contributed by atoms with Gasteiger partial charge in [-0.05, 0) is 25.3 Å². The van der Waals surface area contributed by atoms with E-state index in [1.165, 1.54) is 30.0 Å². The van der Waals surface area contributed by atoms with Crippen LogP contribution in [-0.4, -0.2) is 46.4 Å². The van der Waals surface area contributed by atoms with Gasteiger partial charge in [0.15, 0.2) is 0 Å². The van der Waals surface area contributed by atoms with Crippen LogP contribution in [0.2, 0.25) is 0 Å². The highest BCUT2D eigenvalue weighted by molar-refractivity contribution is 7.98. The number of nitrogens with one attached hydrogen (secondary N) is 1. The van der Waals surface area contributed by atoms with Gasteiger partial charge in [-0.1, -0.05) is 13.8 Å². The number of hydrogen-bond acceptors (Lipinski definition) is 6. The Balaban J connectivity index is 2.32. The Hall–Kier alpha value is -2.13. The number of carboxylic acid groups (broad SMARTS) is 1. The third kappa shape index (κ3) is 3.16. The number of rotatable bonds is 7. The number of hydrogen-bond donors (Lipinski definition) is 2. The average Bonchev–Trinajstić information content (AvgIpc) is 2.59. The highest BCUT2D eigenvalue weighted by Crippen LogP contribution is 2.51. The van der Waals surface area contributed by atoms with Gasteiger partial charge in [-0.25, -0.2) is 4.79 Å². The standard InChI is InChI=1S/C17H22N2O6S/c1-5-25-13-9-17(15(21)22,16(13,2)3)18-14(20)10-6-7-12(26-4)11(8-10)19(23)24/h6-8,13H,5,9H2,1-4H3,(H,18,20)(H,21,22). The summed E-state index contributed by atoms with van der Waals surface area (Å²) in [6.45, 7) is 5.72. The lowest BCUT2D eigenvalue weighted by atomic mass is 9.54. The first kappa shape index (κ1) is 20.2. The van der Waals surface area contributed by atoms with E-state index >= 15 is 0 Å². The Morgan fingerprint density at radius 2 is 2.12 bits per heavy atom. The number of thioether (sulfide) groups is 1. The van der Waals surface area contributed by atoms with Crippen molar-refractivity contribution < 1.29 is 24.4 Å². The molecule has 0 aromatic heterocycles. The molecule has 8 nitrogen and oxygen atoms in total. The summed E-state index contributed by atoms with van der Waals surface area (Å²) < 4.78 is 5.56. The second kappa shape index (κ2) is 7.24. The quantitative estimate of drug-likeness (QED) is 0.423. The summed E-state index contributed by atoms with van der Waals surface area (Å²) in [6, 6.07) is 4.11. The molecule has 0 aliphatic heterocycles. The van der Waals surface area contributed by atoms with Crippen LogP contribution >= 0.6 is 11.8 Å². The number of carbonyl (C=O) groups excluding carboxylic acids is 1. The van der Waals surface area contributed by atoms with E-state index in [1.807, 2.05) is 6.92 Å². The number of aliphatic carboxylic acids is 1. The third-order valence-corrected chi connectivity index (χ3v) is 5.88. The van der Waals surface area contributed by atoms with E-state index in [-0.39, 0.29) is 23.8 Å². The highest BCUT2D eigenvalue weighted by Gasteiger charge is 2.66. The Bertz CT molecular complexity index is 751. The second-order valence-electron chi connectivity index (χ2n) is 6.68. The number of nitro groups is 1. The van der Waals surface area contributed by atoms with Crippen molar-refractivity contribution >= 4 is 29.3 Å². The lowest BCUT2D eigenvalue weighted by molar-refractivity contribution is -0.387. The molecule has 0 radical (unpaired) electrons. The van der Waals surface area contributed by atoms with Crippen LogP contribution in [0.1, 0.15) is 37.6 Å².